The molecule has 1 aliphatic carbocycles. The lowest BCUT2D eigenvalue weighted by Gasteiger charge is -2.21. The molecule has 4 nitrogen and oxygen atoms in total. The van der Waals surface area contributed by atoms with E-state index in [1.807, 2.05) is 18.2 Å². The molecule has 9 aromatic carbocycles. The zero-order valence-corrected chi connectivity index (χ0v) is 36.5. The van der Waals surface area contributed by atoms with Crippen molar-refractivity contribution in [2.24, 2.45) is 0 Å². The Morgan fingerprint density at radius 2 is 0.938 bits per heavy atom. The molecule has 12 aromatic rings. The number of nitrogens with zero attached hydrogens (tertiary/aromatic N) is 3. The van der Waals surface area contributed by atoms with Gasteiger partial charge in [0.25, 0.3) is 0 Å². The average Bonchev–Trinajstić information content (AvgIpc) is 4.01. The van der Waals surface area contributed by atoms with Crippen molar-refractivity contribution < 1.29 is 4.42 Å². The number of fused-ring (bicyclic) bond motifs is 9. The van der Waals surface area contributed by atoms with E-state index < -0.39 is 0 Å². The van der Waals surface area contributed by atoms with E-state index in [1.165, 1.54) is 53.6 Å². The van der Waals surface area contributed by atoms with E-state index in [0.717, 1.165) is 60.9 Å². The molecule has 0 radical (unpaired) electrons. The molecule has 0 aliphatic heterocycles. The Balaban J connectivity index is 0.932. The summed E-state index contributed by atoms with van der Waals surface area (Å²) in [5, 5.41) is 4.42. The Labute approximate surface area is 380 Å². The van der Waals surface area contributed by atoms with Crippen LogP contribution in [0.4, 0.5) is 0 Å². The van der Waals surface area contributed by atoms with Crippen LogP contribution in [-0.4, -0.2) is 15.0 Å². The third kappa shape index (κ3) is 6.07. The molecule has 1 aliphatic rings. The van der Waals surface area contributed by atoms with Gasteiger partial charge >= 0.3 is 0 Å². The van der Waals surface area contributed by atoms with Gasteiger partial charge in [0.15, 0.2) is 17.5 Å². The first-order valence-corrected chi connectivity index (χ1v) is 22.9. The summed E-state index contributed by atoms with van der Waals surface area (Å²) in [4.78, 5) is 15.7. The van der Waals surface area contributed by atoms with Gasteiger partial charge in [0.2, 0.25) is 0 Å². The van der Waals surface area contributed by atoms with Gasteiger partial charge in [-0.1, -0.05) is 172 Å². The first kappa shape index (κ1) is 37.6. The van der Waals surface area contributed by atoms with Gasteiger partial charge in [-0.3, -0.25) is 0 Å². The molecule has 0 amide bonds. The van der Waals surface area contributed by atoms with Gasteiger partial charge < -0.3 is 4.42 Å². The third-order valence-corrected chi connectivity index (χ3v) is 14.5. The molecule has 0 atom stereocenters. The molecule has 0 fully saturated rings. The Morgan fingerprint density at radius 1 is 0.369 bits per heavy atom. The molecule has 65 heavy (non-hydrogen) atoms. The van der Waals surface area contributed by atoms with Crippen molar-refractivity contribution in [3.05, 3.63) is 211 Å². The SMILES string of the molecule is CC1(C)c2ccccc2-c2c(-c3ccc(-c4ccc5oc6cccc(-c7nc(-c8ccc(-c9ccccc9)cc8)nc(-c8ccc9sc%10ccccc%10c9c8)n7)c6c5c4)cc3)cccc21. The summed E-state index contributed by atoms with van der Waals surface area (Å²) in [6, 6.07) is 71.3. The van der Waals surface area contributed by atoms with E-state index in [1.54, 1.807) is 11.3 Å². The maximum absolute atomic E-state index is 6.57. The van der Waals surface area contributed by atoms with Crippen LogP contribution in [-0.2, 0) is 5.41 Å². The van der Waals surface area contributed by atoms with Crippen LogP contribution in [0.2, 0.25) is 0 Å². The van der Waals surface area contributed by atoms with E-state index >= 15 is 0 Å². The number of aromatic nitrogens is 3. The second-order valence-corrected chi connectivity index (χ2v) is 18.6. The predicted molar refractivity (Wildman–Crippen MR) is 270 cm³/mol. The van der Waals surface area contributed by atoms with E-state index in [-0.39, 0.29) is 5.41 Å². The lowest BCUT2D eigenvalue weighted by molar-refractivity contribution is 0.660. The zero-order valence-electron chi connectivity index (χ0n) is 35.7. The number of hydrogen-bond donors (Lipinski definition) is 0. The average molecular weight is 850 g/mol. The van der Waals surface area contributed by atoms with E-state index in [4.69, 9.17) is 19.4 Å². The minimum atomic E-state index is -0.0458. The number of benzene rings is 9. The highest BCUT2D eigenvalue weighted by molar-refractivity contribution is 7.25. The van der Waals surface area contributed by atoms with E-state index in [0.29, 0.717) is 17.5 Å². The van der Waals surface area contributed by atoms with Gasteiger partial charge in [-0.25, -0.2) is 15.0 Å². The summed E-state index contributed by atoms with van der Waals surface area (Å²) in [6.07, 6.45) is 0. The van der Waals surface area contributed by atoms with Crippen molar-refractivity contribution in [3.8, 4) is 78.7 Å². The summed E-state index contributed by atoms with van der Waals surface area (Å²) < 4.78 is 9.06. The minimum Gasteiger partial charge on any atom is -0.456 e. The molecule has 0 N–H and O–H groups in total. The molecule has 0 bridgehead atoms. The monoisotopic (exact) mass is 849 g/mol. The number of furan rings is 1. The predicted octanol–water partition coefficient (Wildman–Crippen LogP) is 16.4. The second-order valence-electron chi connectivity index (χ2n) is 17.5. The van der Waals surface area contributed by atoms with Gasteiger partial charge in [-0.15, -0.1) is 11.3 Å². The largest absolute Gasteiger partial charge is 0.456 e. The summed E-state index contributed by atoms with van der Waals surface area (Å²) >= 11 is 1.81. The van der Waals surface area contributed by atoms with E-state index in [2.05, 4.69) is 196 Å². The fourth-order valence-electron chi connectivity index (χ4n) is 10.1. The van der Waals surface area contributed by atoms with Crippen LogP contribution in [0.15, 0.2) is 205 Å². The molecule has 0 unspecified atom stereocenters. The van der Waals surface area contributed by atoms with Crippen LogP contribution in [0.1, 0.15) is 25.0 Å². The van der Waals surface area contributed by atoms with Crippen molar-refractivity contribution >= 4 is 53.4 Å². The Kier molecular flexibility index (Phi) is 8.39. The van der Waals surface area contributed by atoms with Crippen LogP contribution >= 0.6 is 11.3 Å². The molecule has 306 valence electrons. The molecule has 3 aromatic heterocycles. The molecule has 3 heterocycles. The zero-order chi connectivity index (χ0) is 43.2. The van der Waals surface area contributed by atoms with Crippen molar-refractivity contribution in [1.82, 2.24) is 15.0 Å². The molecular weight excluding hydrogens is 811 g/mol. The van der Waals surface area contributed by atoms with Gasteiger partial charge in [-0.2, -0.15) is 0 Å². The second kappa shape index (κ2) is 14.5. The summed E-state index contributed by atoms with van der Waals surface area (Å²) in [7, 11) is 0. The van der Waals surface area contributed by atoms with Crippen LogP contribution in [0.3, 0.4) is 0 Å². The first-order chi connectivity index (χ1) is 31.9. The maximum Gasteiger partial charge on any atom is 0.164 e. The van der Waals surface area contributed by atoms with Crippen LogP contribution < -0.4 is 0 Å². The quantitative estimate of drug-likeness (QED) is 0.167. The maximum atomic E-state index is 6.57. The van der Waals surface area contributed by atoms with Gasteiger partial charge in [0.05, 0.1) is 0 Å². The standard InChI is InChI=1S/C60H39N3OS/c1-60(2)49-18-8-6-15-45(49)55-43(16-10-19-50(55)60)39-26-22-38(23-27-39)41-30-32-51-48(34-41)56-46(17-11-20-52(56)64-51)59-62-57(40-28-24-37(25-29-40)36-12-4-3-5-13-36)61-58(63-59)42-31-33-54-47(35-42)44-14-7-9-21-53(44)65-54/h3-35H,1-2H3. The fraction of sp³-hybridized carbons (Fsp3) is 0.0500. The topological polar surface area (TPSA) is 51.8 Å². The van der Waals surface area contributed by atoms with Crippen LogP contribution in [0.5, 0.6) is 0 Å². The van der Waals surface area contributed by atoms with Crippen LogP contribution in [0, 0.1) is 0 Å². The Hall–Kier alpha value is -7.99. The summed E-state index contributed by atoms with van der Waals surface area (Å²) in [6.45, 7) is 4.67. The highest BCUT2D eigenvalue weighted by Gasteiger charge is 2.36. The molecular formula is C60H39N3OS. The van der Waals surface area contributed by atoms with Crippen LogP contribution in [0.25, 0.3) is 121 Å². The summed E-state index contributed by atoms with van der Waals surface area (Å²) in [5.74, 6) is 1.83. The number of hydrogen-bond acceptors (Lipinski definition) is 5. The smallest absolute Gasteiger partial charge is 0.164 e. The first-order valence-electron chi connectivity index (χ1n) is 22.1. The summed E-state index contributed by atoms with van der Waals surface area (Å²) in [5.41, 5.74) is 16.7. The van der Waals surface area contributed by atoms with Crippen molar-refractivity contribution in [3.63, 3.8) is 0 Å². The molecule has 5 heteroatoms. The third-order valence-electron chi connectivity index (χ3n) is 13.4. The molecule has 0 saturated heterocycles. The lowest BCUT2D eigenvalue weighted by atomic mass is 9.82. The number of thiophene rings is 1. The number of rotatable bonds is 6. The van der Waals surface area contributed by atoms with Crippen molar-refractivity contribution in [2.45, 2.75) is 19.3 Å². The fourth-order valence-corrected chi connectivity index (χ4v) is 11.2. The highest BCUT2D eigenvalue weighted by Crippen LogP contribution is 2.52. The Morgan fingerprint density at radius 3 is 1.78 bits per heavy atom. The van der Waals surface area contributed by atoms with Gasteiger partial charge in [-0.05, 0) is 98.1 Å². The van der Waals surface area contributed by atoms with E-state index in [9.17, 15) is 0 Å². The van der Waals surface area contributed by atoms with Crippen molar-refractivity contribution in [2.75, 3.05) is 0 Å². The van der Waals surface area contributed by atoms with Gasteiger partial charge in [0, 0.05) is 53.1 Å². The van der Waals surface area contributed by atoms with Crippen molar-refractivity contribution in [1.29, 1.82) is 0 Å². The molecule has 0 spiro atoms. The molecule has 0 saturated carbocycles. The van der Waals surface area contributed by atoms with Gasteiger partial charge in [0.1, 0.15) is 11.2 Å². The minimum absolute atomic E-state index is 0.0458. The normalized spacial score (nSPS) is 12.9. The Bertz CT molecular complexity index is 3840. The lowest BCUT2D eigenvalue weighted by Crippen LogP contribution is -2.14. The molecule has 13 rings (SSSR count). The highest BCUT2D eigenvalue weighted by atomic mass is 32.1.